The van der Waals surface area contributed by atoms with E-state index in [2.05, 4.69) is 15.2 Å². The molecule has 1 amide bonds. The summed E-state index contributed by atoms with van der Waals surface area (Å²) in [6, 6.07) is 7.37. The highest BCUT2D eigenvalue weighted by molar-refractivity contribution is 5.87. The van der Waals surface area contributed by atoms with Crippen molar-refractivity contribution in [3.63, 3.8) is 0 Å². The summed E-state index contributed by atoms with van der Waals surface area (Å²) in [5.74, 6) is -0.0188. The summed E-state index contributed by atoms with van der Waals surface area (Å²) in [7, 11) is 0. The van der Waals surface area contributed by atoms with Crippen LogP contribution in [-0.4, -0.2) is 32.0 Å². The molecule has 6 nitrogen and oxygen atoms in total. The van der Waals surface area contributed by atoms with Gasteiger partial charge in [-0.1, -0.05) is 6.07 Å². The SMILES string of the molecule is N[C@@H]1Cc2ccc3[nH]ncc3c2CN(Cc2ccncc2)C1=O. The van der Waals surface area contributed by atoms with Crippen molar-refractivity contribution < 1.29 is 4.79 Å². The maximum Gasteiger partial charge on any atom is 0.240 e. The first-order valence-corrected chi connectivity index (χ1v) is 7.59. The second-order valence-electron chi connectivity index (χ2n) is 5.89. The van der Waals surface area contributed by atoms with Crippen LogP contribution in [-0.2, 0) is 24.3 Å². The number of nitrogens with zero attached hydrogens (tertiary/aromatic N) is 3. The fourth-order valence-electron chi connectivity index (χ4n) is 3.17. The lowest BCUT2D eigenvalue weighted by molar-refractivity contribution is -0.133. The Kier molecular flexibility index (Phi) is 3.31. The maximum atomic E-state index is 12.7. The van der Waals surface area contributed by atoms with E-state index >= 15 is 0 Å². The molecule has 0 radical (unpaired) electrons. The summed E-state index contributed by atoms with van der Waals surface area (Å²) in [5, 5.41) is 8.16. The third-order valence-corrected chi connectivity index (χ3v) is 4.37. The lowest BCUT2D eigenvalue weighted by Crippen LogP contribution is -2.42. The lowest BCUT2D eigenvalue weighted by Gasteiger charge is -2.23. The molecule has 1 atom stereocenters. The summed E-state index contributed by atoms with van der Waals surface area (Å²) in [4.78, 5) is 18.5. The van der Waals surface area contributed by atoms with E-state index < -0.39 is 6.04 Å². The number of rotatable bonds is 2. The molecule has 23 heavy (non-hydrogen) atoms. The van der Waals surface area contributed by atoms with E-state index in [9.17, 15) is 4.79 Å². The minimum Gasteiger partial charge on any atom is -0.333 e. The smallest absolute Gasteiger partial charge is 0.240 e. The van der Waals surface area contributed by atoms with E-state index in [1.165, 1.54) is 0 Å². The zero-order chi connectivity index (χ0) is 15.8. The van der Waals surface area contributed by atoms with Crippen LogP contribution in [0.1, 0.15) is 16.7 Å². The Labute approximate surface area is 133 Å². The van der Waals surface area contributed by atoms with Crippen LogP contribution < -0.4 is 5.73 Å². The molecule has 1 aliphatic rings. The minimum atomic E-state index is -0.512. The topological polar surface area (TPSA) is 87.9 Å². The predicted octanol–water partition coefficient (Wildman–Crippen LogP) is 1.37. The van der Waals surface area contributed by atoms with Crippen molar-refractivity contribution >= 4 is 16.8 Å². The number of aromatic nitrogens is 3. The molecule has 0 aliphatic carbocycles. The summed E-state index contributed by atoms with van der Waals surface area (Å²) in [6.45, 7) is 1.07. The number of benzene rings is 1. The van der Waals surface area contributed by atoms with Crippen LogP contribution in [0.25, 0.3) is 10.9 Å². The van der Waals surface area contributed by atoms with Gasteiger partial charge in [0, 0.05) is 30.9 Å². The van der Waals surface area contributed by atoms with Crippen LogP contribution in [0.2, 0.25) is 0 Å². The largest absolute Gasteiger partial charge is 0.333 e. The Morgan fingerprint density at radius 2 is 2.09 bits per heavy atom. The Bertz CT molecular complexity index is 858. The summed E-state index contributed by atoms with van der Waals surface area (Å²) in [6.07, 6.45) is 5.85. The van der Waals surface area contributed by atoms with E-state index in [1.807, 2.05) is 35.4 Å². The van der Waals surface area contributed by atoms with E-state index in [-0.39, 0.29) is 5.91 Å². The number of pyridine rings is 1. The zero-order valence-corrected chi connectivity index (χ0v) is 12.6. The molecule has 0 spiro atoms. The van der Waals surface area contributed by atoms with Crippen LogP contribution in [0, 0.1) is 0 Å². The van der Waals surface area contributed by atoms with Gasteiger partial charge in [-0.05, 0) is 41.3 Å². The molecular weight excluding hydrogens is 290 g/mol. The van der Waals surface area contributed by atoms with E-state index in [0.717, 1.165) is 27.6 Å². The molecule has 116 valence electrons. The first kappa shape index (κ1) is 13.9. The van der Waals surface area contributed by atoms with Crippen LogP contribution in [0.5, 0.6) is 0 Å². The number of hydrogen-bond acceptors (Lipinski definition) is 4. The van der Waals surface area contributed by atoms with Crippen LogP contribution in [0.15, 0.2) is 42.9 Å². The van der Waals surface area contributed by atoms with Crippen LogP contribution in [0.3, 0.4) is 0 Å². The number of carbonyl (C=O) groups is 1. The van der Waals surface area contributed by atoms with E-state index in [0.29, 0.717) is 19.5 Å². The third kappa shape index (κ3) is 2.47. The summed E-state index contributed by atoms with van der Waals surface area (Å²) >= 11 is 0. The quantitative estimate of drug-likeness (QED) is 0.748. The zero-order valence-electron chi connectivity index (χ0n) is 12.6. The molecule has 6 heteroatoms. The number of amides is 1. The second kappa shape index (κ2) is 5.48. The van der Waals surface area contributed by atoms with Crippen molar-refractivity contribution in [3.8, 4) is 0 Å². The van der Waals surface area contributed by atoms with Gasteiger partial charge in [0.2, 0.25) is 5.91 Å². The number of H-pyrrole nitrogens is 1. The molecule has 3 heterocycles. The van der Waals surface area contributed by atoms with Crippen molar-refractivity contribution in [2.75, 3.05) is 0 Å². The van der Waals surface area contributed by atoms with Gasteiger partial charge in [0.15, 0.2) is 0 Å². The molecule has 1 aliphatic heterocycles. The van der Waals surface area contributed by atoms with Gasteiger partial charge in [0.1, 0.15) is 0 Å². The average Bonchev–Trinajstić information content (AvgIpc) is 3.01. The van der Waals surface area contributed by atoms with Gasteiger partial charge in [-0.15, -0.1) is 0 Å². The molecule has 3 aromatic rings. The highest BCUT2D eigenvalue weighted by Gasteiger charge is 2.28. The third-order valence-electron chi connectivity index (χ3n) is 4.37. The van der Waals surface area contributed by atoms with Crippen molar-refractivity contribution in [1.82, 2.24) is 20.1 Å². The van der Waals surface area contributed by atoms with Crippen molar-refractivity contribution in [2.45, 2.75) is 25.6 Å². The van der Waals surface area contributed by atoms with Gasteiger partial charge < -0.3 is 10.6 Å². The number of fused-ring (bicyclic) bond motifs is 3. The molecule has 3 N–H and O–H groups in total. The van der Waals surface area contributed by atoms with Crippen LogP contribution in [0.4, 0.5) is 0 Å². The lowest BCUT2D eigenvalue weighted by atomic mass is 9.99. The average molecular weight is 307 g/mol. The molecule has 0 unspecified atom stereocenters. The van der Waals surface area contributed by atoms with Gasteiger partial charge in [0.05, 0.1) is 17.8 Å². The molecule has 0 saturated heterocycles. The van der Waals surface area contributed by atoms with Gasteiger partial charge in [-0.25, -0.2) is 0 Å². The first-order valence-electron chi connectivity index (χ1n) is 7.59. The predicted molar refractivity (Wildman–Crippen MR) is 86.3 cm³/mol. The maximum absolute atomic E-state index is 12.7. The molecule has 0 bridgehead atoms. The van der Waals surface area contributed by atoms with Gasteiger partial charge in [-0.2, -0.15) is 5.10 Å². The first-order chi connectivity index (χ1) is 11.2. The monoisotopic (exact) mass is 307 g/mol. The molecule has 1 aromatic carbocycles. The van der Waals surface area contributed by atoms with Crippen LogP contribution >= 0.6 is 0 Å². The number of nitrogens with one attached hydrogen (secondary N) is 1. The fraction of sp³-hybridized carbons (Fsp3) is 0.235. The molecule has 2 aromatic heterocycles. The number of nitrogens with two attached hydrogens (primary N) is 1. The van der Waals surface area contributed by atoms with E-state index in [4.69, 9.17) is 5.73 Å². The molecule has 4 rings (SSSR count). The number of aromatic amines is 1. The molecule has 0 saturated carbocycles. The van der Waals surface area contributed by atoms with Gasteiger partial charge in [0.25, 0.3) is 0 Å². The standard InChI is InChI=1S/C17H17N5O/c18-15-7-12-1-2-16-13(8-20-21-16)14(12)10-22(17(15)23)9-11-3-5-19-6-4-11/h1-6,8,15H,7,9-10,18H2,(H,20,21)/t15-/m1/s1. The van der Waals surface area contributed by atoms with Crippen molar-refractivity contribution in [1.29, 1.82) is 0 Å². The Morgan fingerprint density at radius 3 is 2.91 bits per heavy atom. The number of carbonyl (C=O) groups excluding carboxylic acids is 1. The second-order valence-corrected chi connectivity index (χ2v) is 5.89. The summed E-state index contributed by atoms with van der Waals surface area (Å²) in [5.41, 5.74) is 10.4. The Morgan fingerprint density at radius 1 is 1.26 bits per heavy atom. The molecular formula is C17H17N5O. The number of hydrogen-bond donors (Lipinski definition) is 2. The van der Waals surface area contributed by atoms with Gasteiger partial charge in [-0.3, -0.25) is 14.9 Å². The highest BCUT2D eigenvalue weighted by Crippen LogP contribution is 2.27. The Hall–Kier alpha value is -2.73. The Balaban J connectivity index is 1.75. The summed E-state index contributed by atoms with van der Waals surface area (Å²) < 4.78 is 0. The van der Waals surface area contributed by atoms with Crippen molar-refractivity contribution in [3.05, 3.63) is 59.5 Å². The van der Waals surface area contributed by atoms with E-state index in [1.54, 1.807) is 12.4 Å². The van der Waals surface area contributed by atoms with Gasteiger partial charge >= 0.3 is 0 Å². The highest BCUT2D eigenvalue weighted by atomic mass is 16.2. The van der Waals surface area contributed by atoms with Crippen molar-refractivity contribution in [2.24, 2.45) is 5.73 Å². The molecule has 0 fully saturated rings. The fourth-order valence-corrected chi connectivity index (χ4v) is 3.17. The normalized spacial score (nSPS) is 18.0. The minimum absolute atomic E-state index is 0.0188.